The summed E-state index contributed by atoms with van der Waals surface area (Å²) in [5.41, 5.74) is 0. The van der Waals surface area contributed by atoms with E-state index in [1.165, 1.54) is 6.92 Å². The van der Waals surface area contributed by atoms with Crippen LogP contribution in [0, 0.1) is 0 Å². The molecule has 3 unspecified atom stereocenters. The molecule has 0 saturated carbocycles. The van der Waals surface area contributed by atoms with Crippen molar-refractivity contribution in [2.24, 2.45) is 0 Å². The first kappa shape index (κ1) is 16.2. The van der Waals surface area contributed by atoms with Crippen LogP contribution in [-0.2, 0) is 18.4 Å². The van der Waals surface area contributed by atoms with Gasteiger partial charge < -0.3 is 34.2 Å². The molecule has 1 fully saturated rings. The summed E-state index contributed by atoms with van der Waals surface area (Å²) in [6, 6.07) is 0. The summed E-state index contributed by atoms with van der Waals surface area (Å²) in [5.74, 6) is -1.30. The summed E-state index contributed by atoms with van der Waals surface area (Å²) in [5, 5.41) is 18.8. The highest BCUT2D eigenvalue weighted by molar-refractivity contribution is 7.70. The van der Waals surface area contributed by atoms with Crippen molar-refractivity contribution in [2.75, 3.05) is 12.5 Å². The minimum absolute atomic E-state index is 0.545. The first-order valence-electron chi connectivity index (χ1n) is 5.04. The Morgan fingerprint density at radius 1 is 1.17 bits per heavy atom. The van der Waals surface area contributed by atoms with Gasteiger partial charge in [0.25, 0.3) is 0 Å². The van der Waals surface area contributed by atoms with Crippen molar-refractivity contribution in [2.45, 2.75) is 31.3 Å². The van der Waals surface area contributed by atoms with Crippen LogP contribution < -0.4 is 0 Å². The molecule has 1 saturated heterocycles. The molecule has 0 aliphatic carbocycles. The number of aliphatic hydroxyl groups excluding tert-OH is 2. The first-order valence-corrected chi connectivity index (χ1v) is 8.60. The molecule has 108 valence electrons. The maximum Gasteiger partial charge on any atom is 0.340 e. The van der Waals surface area contributed by atoms with Gasteiger partial charge in [0.05, 0.1) is 12.7 Å². The topological polar surface area (TPSA) is 154 Å². The SMILES string of the molecule is C[C@@H]1O[C@H](COP(=O)(O)CP(=O)(O)O)C(O)C1O. The lowest BCUT2D eigenvalue weighted by Crippen LogP contribution is -2.33. The zero-order valence-electron chi connectivity index (χ0n) is 9.49. The lowest BCUT2D eigenvalue weighted by Gasteiger charge is -2.18. The molecular weight excluding hydrogens is 290 g/mol. The predicted octanol–water partition coefficient (Wildman–Crippen LogP) is -1.17. The Bertz CT molecular complexity index is 379. The van der Waals surface area contributed by atoms with Crippen molar-refractivity contribution in [3.05, 3.63) is 0 Å². The Morgan fingerprint density at radius 2 is 1.72 bits per heavy atom. The Morgan fingerprint density at radius 3 is 2.11 bits per heavy atom. The lowest BCUT2D eigenvalue weighted by molar-refractivity contribution is -0.0128. The summed E-state index contributed by atoms with van der Waals surface area (Å²) in [7, 11) is -9.15. The highest BCUT2D eigenvalue weighted by Gasteiger charge is 2.42. The molecule has 1 aliphatic heterocycles. The number of hydrogen-bond donors (Lipinski definition) is 5. The van der Waals surface area contributed by atoms with E-state index >= 15 is 0 Å². The fraction of sp³-hybridized carbons (Fsp3) is 1.00. The molecule has 1 aliphatic rings. The summed E-state index contributed by atoms with van der Waals surface area (Å²) in [4.78, 5) is 26.3. The first-order chi connectivity index (χ1) is 8.02. The molecule has 9 nitrogen and oxygen atoms in total. The third-order valence-corrected chi connectivity index (χ3v) is 5.86. The zero-order chi connectivity index (χ0) is 14.1. The predicted molar refractivity (Wildman–Crippen MR) is 59.0 cm³/mol. The fourth-order valence-electron chi connectivity index (χ4n) is 1.54. The number of aliphatic hydroxyl groups is 2. The van der Waals surface area contributed by atoms with Crippen LogP contribution in [0.25, 0.3) is 0 Å². The van der Waals surface area contributed by atoms with Crippen molar-refractivity contribution in [3.63, 3.8) is 0 Å². The molecule has 5 atom stereocenters. The molecule has 0 radical (unpaired) electrons. The van der Waals surface area contributed by atoms with Crippen molar-refractivity contribution in [1.82, 2.24) is 0 Å². The molecule has 0 bridgehead atoms. The van der Waals surface area contributed by atoms with Crippen LogP contribution in [0.15, 0.2) is 0 Å². The molecular formula is C7H16O9P2. The largest absolute Gasteiger partial charge is 0.388 e. The Balaban J connectivity index is 2.51. The zero-order valence-corrected chi connectivity index (χ0v) is 11.3. The van der Waals surface area contributed by atoms with Crippen LogP contribution in [-0.4, -0.2) is 61.8 Å². The smallest absolute Gasteiger partial charge is 0.340 e. The van der Waals surface area contributed by atoms with Gasteiger partial charge in [-0.1, -0.05) is 0 Å². The van der Waals surface area contributed by atoms with Gasteiger partial charge in [0.2, 0.25) is 0 Å². The van der Waals surface area contributed by atoms with Gasteiger partial charge in [-0.3, -0.25) is 9.13 Å². The molecule has 0 amide bonds. The average Bonchev–Trinajstić information content (AvgIpc) is 2.39. The number of rotatable bonds is 5. The summed E-state index contributed by atoms with van der Waals surface area (Å²) in [6.45, 7) is 0.957. The van der Waals surface area contributed by atoms with Crippen LogP contribution >= 0.6 is 15.2 Å². The van der Waals surface area contributed by atoms with E-state index in [1.54, 1.807) is 0 Å². The van der Waals surface area contributed by atoms with E-state index < -0.39 is 52.1 Å². The van der Waals surface area contributed by atoms with Crippen LogP contribution in [0.2, 0.25) is 0 Å². The number of ether oxygens (including phenoxy) is 1. The molecule has 1 rings (SSSR count). The molecule has 0 aromatic carbocycles. The summed E-state index contributed by atoms with van der Waals surface area (Å²) >= 11 is 0. The molecule has 1 heterocycles. The molecule has 0 aromatic heterocycles. The van der Waals surface area contributed by atoms with Crippen LogP contribution in [0.1, 0.15) is 6.92 Å². The standard InChI is InChI=1S/C7H16O9P2/c1-4-6(8)7(9)5(16-4)2-15-18(13,14)3-17(10,11)12/h4-9H,2-3H2,1H3,(H,13,14)(H2,10,11,12)/t4-,5+,6?,7?/m0/s1. The second-order valence-electron chi connectivity index (χ2n) is 4.10. The Hall–Kier alpha value is 0.180. The molecule has 5 N–H and O–H groups in total. The minimum Gasteiger partial charge on any atom is -0.388 e. The van der Waals surface area contributed by atoms with E-state index in [2.05, 4.69) is 4.52 Å². The molecule has 0 aromatic rings. The normalized spacial score (nSPS) is 36.6. The van der Waals surface area contributed by atoms with E-state index in [-0.39, 0.29) is 0 Å². The van der Waals surface area contributed by atoms with Crippen molar-refractivity contribution >= 4 is 15.2 Å². The van der Waals surface area contributed by atoms with E-state index in [0.29, 0.717) is 0 Å². The van der Waals surface area contributed by atoms with E-state index in [4.69, 9.17) is 19.4 Å². The third kappa shape index (κ3) is 4.70. The van der Waals surface area contributed by atoms with Gasteiger partial charge in [-0.05, 0) is 6.92 Å². The van der Waals surface area contributed by atoms with E-state index in [1.807, 2.05) is 0 Å². The van der Waals surface area contributed by atoms with Crippen molar-refractivity contribution in [1.29, 1.82) is 0 Å². The maximum absolute atomic E-state index is 11.3. The van der Waals surface area contributed by atoms with Crippen LogP contribution in [0.4, 0.5) is 0 Å². The highest BCUT2D eigenvalue weighted by Crippen LogP contribution is 2.55. The molecule has 18 heavy (non-hydrogen) atoms. The third-order valence-electron chi connectivity index (χ3n) is 2.40. The van der Waals surface area contributed by atoms with Crippen molar-refractivity contribution in [3.8, 4) is 0 Å². The van der Waals surface area contributed by atoms with E-state index in [0.717, 1.165) is 0 Å². The molecule has 0 spiro atoms. The van der Waals surface area contributed by atoms with E-state index in [9.17, 15) is 19.3 Å². The number of hydrogen-bond acceptors (Lipinski definition) is 6. The average molecular weight is 306 g/mol. The van der Waals surface area contributed by atoms with Gasteiger partial charge in [0.1, 0.15) is 18.3 Å². The summed E-state index contributed by atoms with van der Waals surface area (Å²) < 4.78 is 31.4. The monoisotopic (exact) mass is 306 g/mol. The Kier molecular flexibility index (Phi) is 5.11. The minimum atomic E-state index is -4.68. The van der Waals surface area contributed by atoms with Gasteiger partial charge in [-0.25, -0.2) is 0 Å². The van der Waals surface area contributed by atoms with Gasteiger partial charge in [0.15, 0.2) is 5.90 Å². The van der Waals surface area contributed by atoms with Crippen LogP contribution in [0.3, 0.4) is 0 Å². The summed E-state index contributed by atoms with van der Waals surface area (Å²) in [6.07, 6.45) is -4.10. The lowest BCUT2D eigenvalue weighted by atomic mass is 10.1. The quantitative estimate of drug-likeness (QED) is 0.395. The van der Waals surface area contributed by atoms with Gasteiger partial charge in [0, 0.05) is 0 Å². The van der Waals surface area contributed by atoms with Gasteiger partial charge in [-0.15, -0.1) is 0 Å². The second kappa shape index (κ2) is 5.66. The van der Waals surface area contributed by atoms with Gasteiger partial charge in [-0.2, -0.15) is 0 Å². The fourth-order valence-corrected chi connectivity index (χ4v) is 4.10. The van der Waals surface area contributed by atoms with Crippen molar-refractivity contribution < 1.29 is 43.3 Å². The van der Waals surface area contributed by atoms with Gasteiger partial charge >= 0.3 is 15.2 Å². The second-order valence-corrected chi connectivity index (χ2v) is 8.09. The Labute approximate surface area is 103 Å². The maximum atomic E-state index is 11.3. The van der Waals surface area contributed by atoms with Crippen LogP contribution in [0.5, 0.6) is 0 Å². The highest BCUT2D eigenvalue weighted by atomic mass is 31.2. The molecule has 11 heteroatoms.